The molecule has 1 unspecified atom stereocenters. The molecular formula is C15H15ClOS. The van der Waals surface area contributed by atoms with Crippen LogP contribution >= 0.6 is 22.9 Å². The Morgan fingerprint density at radius 1 is 1.17 bits per heavy atom. The predicted molar refractivity (Wildman–Crippen MR) is 76.4 cm³/mol. The Balaban J connectivity index is 1.78. The summed E-state index contributed by atoms with van der Waals surface area (Å²) in [6.45, 7) is 0. The van der Waals surface area contributed by atoms with Gasteiger partial charge in [0.1, 0.15) is 0 Å². The van der Waals surface area contributed by atoms with Crippen molar-refractivity contribution in [2.75, 3.05) is 0 Å². The number of thiophene rings is 1. The highest BCUT2D eigenvalue weighted by atomic mass is 35.5. The van der Waals surface area contributed by atoms with Gasteiger partial charge in [-0.25, -0.2) is 0 Å². The Labute approximate surface area is 116 Å². The number of rotatable bonds is 4. The van der Waals surface area contributed by atoms with Crippen LogP contribution in [0.2, 0.25) is 4.34 Å². The minimum absolute atomic E-state index is 0.0161. The van der Waals surface area contributed by atoms with Crippen LogP contribution < -0.4 is 0 Å². The van der Waals surface area contributed by atoms with Crippen LogP contribution in [0, 0.1) is 0 Å². The van der Waals surface area contributed by atoms with Gasteiger partial charge in [-0.1, -0.05) is 41.9 Å². The van der Waals surface area contributed by atoms with Gasteiger partial charge in [-0.2, -0.15) is 0 Å². The normalized spacial score (nSPS) is 18.6. The molecule has 1 fully saturated rings. The maximum atomic E-state index is 10.5. The molecule has 0 amide bonds. The first kappa shape index (κ1) is 12.2. The summed E-state index contributed by atoms with van der Waals surface area (Å²) in [5.41, 5.74) is 1.25. The third-order valence-corrected chi connectivity index (χ3v) is 5.05. The van der Waals surface area contributed by atoms with Crippen molar-refractivity contribution in [3.63, 3.8) is 0 Å². The van der Waals surface area contributed by atoms with Crippen LogP contribution in [0.15, 0.2) is 42.5 Å². The molecule has 1 aliphatic carbocycles. The zero-order valence-electron chi connectivity index (χ0n) is 9.97. The van der Waals surface area contributed by atoms with Crippen LogP contribution in [0.1, 0.15) is 23.3 Å². The van der Waals surface area contributed by atoms with E-state index in [1.54, 1.807) is 11.3 Å². The predicted octanol–water partition coefficient (Wildman–Crippen LogP) is 4.04. The molecule has 18 heavy (non-hydrogen) atoms. The molecule has 1 atom stereocenters. The van der Waals surface area contributed by atoms with Gasteiger partial charge in [-0.05, 0) is 30.5 Å². The lowest BCUT2D eigenvalue weighted by Gasteiger charge is -2.22. The molecule has 3 heteroatoms. The number of aliphatic hydroxyl groups excluding tert-OH is 1. The van der Waals surface area contributed by atoms with E-state index in [0.717, 1.165) is 22.1 Å². The molecule has 1 aromatic heterocycles. The Bertz CT molecular complexity index is 530. The van der Waals surface area contributed by atoms with Crippen LogP contribution in [0.3, 0.4) is 0 Å². The second-order valence-electron chi connectivity index (χ2n) is 4.95. The lowest BCUT2D eigenvalue weighted by atomic mass is 9.88. The van der Waals surface area contributed by atoms with Crippen molar-refractivity contribution in [2.45, 2.75) is 30.8 Å². The van der Waals surface area contributed by atoms with Crippen LogP contribution in [-0.2, 0) is 11.8 Å². The molecule has 94 valence electrons. The zero-order valence-corrected chi connectivity index (χ0v) is 11.5. The summed E-state index contributed by atoms with van der Waals surface area (Å²) in [5.74, 6) is 0. The van der Waals surface area contributed by atoms with Crippen molar-refractivity contribution in [3.05, 3.63) is 57.2 Å². The van der Waals surface area contributed by atoms with Crippen molar-refractivity contribution in [3.8, 4) is 0 Å². The van der Waals surface area contributed by atoms with E-state index in [-0.39, 0.29) is 11.5 Å². The summed E-state index contributed by atoms with van der Waals surface area (Å²) < 4.78 is 0.793. The average Bonchev–Trinajstić information content (AvgIpc) is 3.10. The van der Waals surface area contributed by atoms with Gasteiger partial charge in [0.25, 0.3) is 0 Å². The monoisotopic (exact) mass is 278 g/mol. The van der Waals surface area contributed by atoms with Gasteiger partial charge >= 0.3 is 0 Å². The molecule has 1 aromatic carbocycles. The third kappa shape index (κ3) is 2.20. The molecule has 1 nitrogen and oxygen atoms in total. The van der Waals surface area contributed by atoms with E-state index in [9.17, 15) is 5.11 Å². The van der Waals surface area contributed by atoms with E-state index in [0.29, 0.717) is 6.42 Å². The van der Waals surface area contributed by atoms with Gasteiger partial charge in [0.15, 0.2) is 0 Å². The van der Waals surface area contributed by atoms with Crippen LogP contribution in [0.25, 0.3) is 0 Å². The lowest BCUT2D eigenvalue weighted by molar-refractivity contribution is 0.132. The molecule has 0 bridgehead atoms. The standard InChI is InChI=1S/C15H15ClOS/c16-14-7-6-12(18-14)10-13(17)15(8-9-15)11-4-2-1-3-5-11/h1-7,13,17H,8-10H2. The second-order valence-corrected chi connectivity index (χ2v) is 6.75. The Kier molecular flexibility index (Phi) is 3.18. The van der Waals surface area contributed by atoms with E-state index in [2.05, 4.69) is 12.1 Å². The molecule has 1 heterocycles. The van der Waals surface area contributed by atoms with Gasteiger partial charge in [-0.3, -0.25) is 0 Å². The topological polar surface area (TPSA) is 20.2 Å². The van der Waals surface area contributed by atoms with Crippen LogP contribution in [0.5, 0.6) is 0 Å². The van der Waals surface area contributed by atoms with E-state index in [4.69, 9.17) is 11.6 Å². The van der Waals surface area contributed by atoms with E-state index in [1.165, 1.54) is 5.56 Å². The SMILES string of the molecule is OC(Cc1ccc(Cl)s1)C1(c2ccccc2)CC1. The van der Waals surface area contributed by atoms with E-state index >= 15 is 0 Å². The Morgan fingerprint density at radius 2 is 1.89 bits per heavy atom. The molecular weight excluding hydrogens is 264 g/mol. The average molecular weight is 279 g/mol. The largest absolute Gasteiger partial charge is 0.392 e. The van der Waals surface area contributed by atoms with Crippen molar-refractivity contribution < 1.29 is 5.11 Å². The fourth-order valence-corrected chi connectivity index (χ4v) is 3.69. The Hall–Kier alpha value is -0.830. The molecule has 1 saturated carbocycles. The summed E-state index contributed by atoms with van der Waals surface area (Å²) >= 11 is 7.49. The second kappa shape index (κ2) is 4.69. The van der Waals surface area contributed by atoms with Crippen molar-refractivity contribution in [1.29, 1.82) is 0 Å². The van der Waals surface area contributed by atoms with E-state index < -0.39 is 0 Å². The Morgan fingerprint density at radius 3 is 2.44 bits per heavy atom. The number of halogens is 1. The molecule has 1 N–H and O–H groups in total. The number of hydrogen-bond acceptors (Lipinski definition) is 2. The van der Waals surface area contributed by atoms with Gasteiger partial charge in [0.2, 0.25) is 0 Å². The van der Waals surface area contributed by atoms with Crippen LogP contribution in [-0.4, -0.2) is 11.2 Å². The summed E-state index contributed by atoms with van der Waals surface area (Å²) in [4.78, 5) is 1.16. The summed E-state index contributed by atoms with van der Waals surface area (Å²) in [7, 11) is 0. The molecule has 1 aliphatic rings. The first-order chi connectivity index (χ1) is 8.71. The lowest BCUT2D eigenvalue weighted by Crippen LogP contribution is -2.27. The molecule has 0 saturated heterocycles. The van der Waals surface area contributed by atoms with Gasteiger partial charge in [0.05, 0.1) is 10.4 Å². The van der Waals surface area contributed by atoms with Crippen molar-refractivity contribution in [2.24, 2.45) is 0 Å². The highest BCUT2D eigenvalue weighted by Crippen LogP contribution is 2.51. The maximum Gasteiger partial charge on any atom is 0.0931 e. The molecule has 0 spiro atoms. The van der Waals surface area contributed by atoms with Gasteiger partial charge in [0, 0.05) is 16.7 Å². The van der Waals surface area contributed by atoms with Gasteiger partial charge < -0.3 is 5.11 Å². The molecule has 3 rings (SSSR count). The molecule has 0 aliphatic heterocycles. The zero-order chi connectivity index (χ0) is 12.6. The highest BCUT2D eigenvalue weighted by molar-refractivity contribution is 7.16. The third-order valence-electron chi connectivity index (χ3n) is 3.80. The van der Waals surface area contributed by atoms with Crippen molar-refractivity contribution in [1.82, 2.24) is 0 Å². The maximum absolute atomic E-state index is 10.5. The smallest absolute Gasteiger partial charge is 0.0931 e. The fourth-order valence-electron chi connectivity index (χ4n) is 2.57. The highest BCUT2D eigenvalue weighted by Gasteiger charge is 2.50. The van der Waals surface area contributed by atoms with Gasteiger partial charge in [-0.15, -0.1) is 11.3 Å². The summed E-state index contributed by atoms with van der Waals surface area (Å²) in [6, 6.07) is 14.3. The minimum atomic E-state index is -0.311. The fraction of sp³-hybridized carbons (Fsp3) is 0.333. The minimum Gasteiger partial charge on any atom is -0.392 e. The molecule has 2 aromatic rings. The summed E-state index contributed by atoms with van der Waals surface area (Å²) in [5, 5.41) is 10.5. The number of hydrogen-bond donors (Lipinski definition) is 1. The van der Waals surface area contributed by atoms with Crippen LogP contribution in [0.4, 0.5) is 0 Å². The first-order valence-corrected chi connectivity index (χ1v) is 7.38. The quantitative estimate of drug-likeness (QED) is 0.895. The van der Waals surface area contributed by atoms with E-state index in [1.807, 2.05) is 30.3 Å². The van der Waals surface area contributed by atoms with Crippen molar-refractivity contribution >= 4 is 22.9 Å². The summed E-state index contributed by atoms with van der Waals surface area (Å²) in [6.07, 6.45) is 2.55. The number of aliphatic hydroxyl groups is 1. The first-order valence-electron chi connectivity index (χ1n) is 6.18. The molecule has 0 radical (unpaired) electrons. The number of benzene rings is 1.